The van der Waals surface area contributed by atoms with Crippen molar-refractivity contribution < 1.29 is 0 Å². The van der Waals surface area contributed by atoms with Gasteiger partial charge in [0.25, 0.3) is 0 Å². The SMILES string of the molecule is Cc1ccc(-c2[nH]c(=O)ncc2C)s1. The van der Waals surface area contributed by atoms with Gasteiger partial charge in [0.1, 0.15) is 0 Å². The second-order valence-corrected chi connectivity index (χ2v) is 4.44. The summed E-state index contributed by atoms with van der Waals surface area (Å²) >= 11 is 1.67. The zero-order valence-electron chi connectivity index (χ0n) is 8.00. The summed E-state index contributed by atoms with van der Waals surface area (Å²) in [6, 6.07) is 4.05. The number of nitrogens with zero attached hydrogens (tertiary/aromatic N) is 1. The summed E-state index contributed by atoms with van der Waals surface area (Å²) in [6.45, 7) is 3.98. The average molecular weight is 206 g/mol. The number of aromatic amines is 1. The number of aromatic nitrogens is 2. The first-order chi connectivity index (χ1) is 6.66. The Bertz CT molecular complexity index is 513. The third-order valence-electron chi connectivity index (χ3n) is 1.99. The van der Waals surface area contributed by atoms with Crippen LogP contribution in [0.15, 0.2) is 23.1 Å². The van der Waals surface area contributed by atoms with Crippen molar-refractivity contribution in [2.45, 2.75) is 13.8 Å². The van der Waals surface area contributed by atoms with Crippen LogP contribution in [0.4, 0.5) is 0 Å². The van der Waals surface area contributed by atoms with Crippen LogP contribution < -0.4 is 5.69 Å². The lowest BCUT2D eigenvalue weighted by Crippen LogP contribution is -2.10. The molecule has 0 atom stereocenters. The molecular formula is C10H10N2OS. The maximum absolute atomic E-state index is 11.1. The zero-order valence-corrected chi connectivity index (χ0v) is 8.81. The number of nitrogens with one attached hydrogen (secondary N) is 1. The van der Waals surface area contributed by atoms with Crippen molar-refractivity contribution in [2.75, 3.05) is 0 Å². The number of thiophene rings is 1. The van der Waals surface area contributed by atoms with E-state index in [1.165, 1.54) is 4.88 Å². The number of hydrogen-bond acceptors (Lipinski definition) is 3. The monoisotopic (exact) mass is 206 g/mol. The molecule has 72 valence electrons. The number of H-pyrrole nitrogens is 1. The smallest absolute Gasteiger partial charge is 0.304 e. The highest BCUT2D eigenvalue weighted by Gasteiger charge is 2.05. The molecule has 0 unspecified atom stereocenters. The Morgan fingerprint density at radius 1 is 1.36 bits per heavy atom. The molecule has 0 spiro atoms. The fourth-order valence-electron chi connectivity index (χ4n) is 1.28. The normalized spacial score (nSPS) is 10.4. The van der Waals surface area contributed by atoms with E-state index in [4.69, 9.17) is 0 Å². The molecule has 0 radical (unpaired) electrons. The van der Waals surface area contributed by atoms with Crippen molar-refractivity contribution >= 4 is 11.3 Å². The minimum Gasteiger partial charge on any atom is -0.304 e. The fraction of sp³-hybridized carbons (Fsp3) is 0.200. The molecule has 0 aliphatic rings. The Hall–Kier alpha value is -1.42. The first-order valence-electron chi connectivity index (χ1n) is 4.29. The molecule has 0 saturated heterocycles. The van der Waals surface area contributed by atoms with Crippen LogP contribution >= 0.6 is 11.3 Å². The summed E-state index contributed by atoms with van der Waals surface area (Å²) in [7, 11) is 0. The van der Waals surface area contributed by atoms with Gasteiger partial charge in [0.05, 0.1) is 10.6 Å². The molecule has 3 nitrogen and oxygen atoms in total. The fourth-order valence-corrected chi connectivity index (χ4v) is 2.22. The van der Waals surface area contributed by atoms with E-state index in [9.17, 15) is 4.79 Å². The summed E-state index contributed by atoms with van der Waals surface area (Å²) in [6.07, 6.45) is 1.60. The third-order valence-corrected chi connectivity index (χ3v) is 3.01. The summed E-state index contributed by atoms with van der Waals surface area (Å²) in [4.78, 5) is 19.8. The third kappa shape index (κ3) is 1.61. The van der Waals surface area contributed by atoms with Gasteiger partial charge in [-0.05, 0) is 31.5 Å². The lowest BCUT2D eigenvalue weighted by Gasteiger charge is -2.00. The van der Waals surface area contributed by atoms with E-state index in [1.807, 2.05) is 26.0 Å². The largest absolute Gasteiger partial charge is 0.345 e. The molecule has 2 aromatic rings. The van der Waals surface area contributed by atoms with Gasteiger partial charge in [-0.2, -0.15) is 0 Å². The molecule has 4 heteroatoms. The molecule has 2 aromatic heterocycles. The Morgan fingerprint density at radius 3 is 2.79 bits per heavy atom. The molecule has 2 heterocycles. The predicted octanol–water partition coefficient (Wildman–Crippen LogP) is 2.12. The van der Waals surface area contributed by atoms with Crippen LogP contribution in [0, 0.1) is 13.8 Å². The minimum atomic E-state index is -0.295. The zero-order chi connectivity index (χ0) is 10.1. The first-order valence-corrected chi connectivity index (χ1v) is 5.11. The van der Waals surface area contributed by atoms with Crippen LogP contribution in [0.1, 0.15) is 10.4 Å². The van der Waals surface area contributed by atoms with Crippen molar-refractivity contribution in [2.24, 2.45) is 0 Å². The summed E-state index contributed by atoms with van der Waals surface area (Å²) < 4.78 is 0. The van der Waals surface area contributed by atoms with E-state index in [-0.39, 0.29) is 5.69 Å². The Labute approximate surface area is 85.5 Å². The van der Waals surface area contributed by atoms with Crippen LogP contribution in [-0.2, 0) is 0 Å². The molecule has 0 saturated carbocycles. The predicted molar refractivity (Wildman–Crippen MR) is 57.6 cm³/mol. The maximum atomic E-state index is 11.1. The van der Waals surface area contributed by atoms with Gasteiger partial charge < -0.3 is 4.98 Å². The maximum Gasteiger partial charge on any atom is 0.345 e. The molecular weight excluding hydrogens is 196 g/mol. The summed E-state index contributed by atoms with van der Waals surface area (Å²) in [5.41, 5.74) is 1.58. The molecule has 1 N–H and O–H groups in total. The molecule has 2 rings (SSSR count). The van der Waals surface area contributed by atoms with Gasteiger partial charge in [-0.1, -0.05) is 0 Å². The van der Waals surface area contributed by atoms with Crippen molar-refractivity contribution in [3.63, 3.8) is 0 Å². The molecule has 0 aliphatic heterocycles. The van der Waals surface area contributed by atoms with E-state index in [1.54, 1.807) is 17.5 Å². The molecule has 0 amide bonds. The highest BCUT2D eigenvalue weighted by Crippen LogP contribution is 2.26. The van der Waals surface area contributed by atoms with E-state index in [0.29, 0.717) is 0 Å². The van der Waals surface area contributed by atoms with E-state index in [2.05, 4.69) is 9.97 Å². The van der Waals surface area contributed by atoms with E-state index < -0.39 is 0 Å². The Kier molecular flexibility index (Phi) is 2.21. The van der Waals surface area contributed by atoms with Gasteiger partial charge in [-0.3, -0.25) is 0 Å². The van der Waals surface area contributed by atoms with Crippen molar-refractivity contribution in [1.82, 2.24) is 9.97 Å². The van der Waals surface area contributed by atoms with Crippen molar-refractivity contribution in [1.29, 1.82) is 0 Å². The van der Waals surface area contributed by atoms with Gasteiger partial charge in [-0.15, -0.1) is 11.3 Å². The summed E-state index contributed by atoms with van der Waals surface area (Å²) in [5.74, 6) is 0. The van der Waals surface area contributed by atoms with Gasteiger partial charge in [0.2, 0.25) is 0 Å². The second-order valence-electron chi connectivity index (χ2n) is 3.16. The van der Waals surface area contributed by atoms with Crippen LogP contribution in [0.5, 0.6) is 0 Å². The van der Waals surface area contributed by atoms with Gasteiger partial charge in [-0.25, -0.2) is 9.78 Å². The number of aryl methyl sites for hydroxylation is 2. The second kappa shape index (κ2) is 3.38. The van der Waals surface area contributed by atoms with E-state index in [0.717, 1.165) is 16.1 Å². The Balaban J connectivity index is 2.61. The van der Waals surface area contributed by atoms with Crippen molar-refractivity contribution in [3.05, 3.63) is 39.3 Å². The molecule has 0 aliphatic carbocycles. The van der Waals surface area contributed by atoms with Gasteiger partial charge in [0.15, 0.2) is 0 Å². The van der Waals surface area contributed by atoms with Crippen LogP contribution in [0.25, 0.3) is 10.6 Å². The van der Waals surface area contributed by atoms with E-state index >= 15 is 0 Å². The lowest BCUT2D eigenvalue weighted by molar-refractivity contribution is 1.06. The van der Waals surface area contributed by atoms with Crippen molar-refractivity contribution in [3.8, 4) is 10.6 Å². The van der Waals surface area contributed by atoms with Crippen LogP contribution in [0.2, 0.25) is 0 Å². The molecule has 0 bridgehead atoms. The number of rotatable bonds is 1. The van der Waals surface area contributed by atoms with Crippen LogP contribution in [-0.4, -0.2) is 9.97 Å². The highest BCUT2D eigenvalue weighted by atomic mass is 32.1. The standard InChI is InChI=1S/C10H10N2OS/c1-6-5-11-10(13)12-9(6)8-4-3-7(2)14-8/h3-5H,1-2H3,(H,11,12,13). The quantitative estimate of drug-likeness (QED) is 0.776. The Morgan fingerprint density at radius 2 is 2.14 bits per heavy atom. The van der Waals surface area contributed by atoms with Crippen LogP contribution in [0.3, 0.4) is 0 Å². The highest BCUT2D eigenvalue weighted by molar-refractivity contribution is 7.15. The summed E-state index contributed by atoms with van der Waals surface area (Å²) in [5, 5.41) is 0. The van der Waals surface area contributed by atoms with Gasteiger partial charge >= 0.3 is 5.69 Å². The first kappa shape index (κ1) is 9.15. The number of hydrogen-bond donors (Lipinski definition) is 1. The molecule has 0 fully saturated rings. The average Bonchev–Trinajstić information content (AvgIpc) is 2.56. The topological polar surface area (TPSA) is 45.8 Å². The molecule has 14 heavy (non-hydrogen) atoms. The lowest BCUT2D eigenvalue weighted by atomic mass is 10.2. The molecule has 0 aromatic carbocycles. The minimum absolute atomic E-state index is 0.295. The van der Waals surface area contributed by atoms with Gasteiger partial charge in [0, 0.05) is 11.1 Å².